The van der Waals surface area contributed by atoms with Crippen LogP contribution in [0.25, 0.3) is 11.0 Å². The van der Waals surface area contributed by atoms with Crippen molar-refractivity contribution in [2.45, 2.75) is 5.92 Å². The van der Waals surface area contributed by atoms with E-state index in [1.54, 1.807) is 36.4 Å². The van der Waals surface area contributed by atoms with Crippen LogP contribution in [0.3, 0.4) is 0 Å². The van der Waals surface area contributed by atoms with Gasteiger partial charge < -0.3 is 24.4 Å². The predicted molar refractivity (Wildman–Crippen MR) is 99.4 cm³/mol. The van der Waals surface area contributed by atoms with Crippen LogP contribution < -0.4 is 25.6 Å². The number of ether oxygens (including phenoxy) is 3. The third-order valence-corrected chi connectivity index (χ3v) is 5.18. The summed E-state index contributed by atoms with van der Waals surface area (Å²) in [7, 11) is 0. The standard InChI is InChI=1S/C20H11ClN2O5/c21-16-10(5-6-13-18(16)26-8-25-13)14-11(7-22)19(23)28-17-9-3-1-2-4-12(9)27-20(24)15(14)17/h1-6,14H,8,23H2. The summed E-state index contributed by atoms with van der Waals surface area (Å²) in [5.41, 5.74) is 6.46. The highest BCUT2D eigenvalue weighted by molar-refractivity contribution is 6.33. The van der Waals surface area contributed by atoms with Gasteiger partial charge in [0.1, 0.15) is 17.2 Å². The van der Waals surface area contributed by atoms with Crippen LogP contribution in [-0.2, 0) is 0 Å². The van der Waals surface area contributed by atoms with Crippen molar-refractivity contribution >= 4 is 22.6 Å². The van der Waals surface area contributed by atoms with Crippen LogP contribution in [0.15, 0.2) is 57.1 Å². The molecular formula is C20H11ClN2O5. The largest absolute Gasteiger partial charge is 0.454 e. The van der Waals surface area contributed by atoms with E-state index in [4.69, 9.17) is 36.0 Å². The minimum atomic E-state index is -0.864. The molecule has 28 heavy (non-hydrogen) atoms. The Bertz CT molecular complexity index is 1290. The quantitative estimate of drug-likeness (QED) is 0.630. The lowest BCUT2D eigenvalue weighted by Crippen LogP contribution is -2.26. The fourth-order valence-corrected chi connectivity index (χ4v) is 3.87. The van der Waals surface area contributed by atoms with E-state index in [1.807, 2.05) is 6.07 Å². The molecule has 0 radical (unpaired) electrons. The van der Waals surface area contributed by atoms with E-state index in [9.17, 15) is 10.1 Å². The van der Waals surface area contributed by atoms with Gasteiger partial charge in [0.25, 0.3) is 0 Å². The second kappa shape index (κ2) is 5.94. The average Bonchev–Trinajstić information content (AvgIpc) is 3.17. The summed E-state index contributed by atoms with van der Waals surface area (Å²) in [6.07, 6.45) is 0. The Morgan fingerprint density at radius 2 is 1.96 bits per heavy atom. The predicted octanol–water partition coefficient (Wildman–Crippen LogP) is 3.39. The van der Waals surface area contributed by atoms with Gasteiger partial charge in [-0.05, 0) is 23.8 Å². The van der Waals surface area contributed by atoms with E-state index in [-0.39, 0.29) is 34.6 Å². The van der Waals surface area contributed by atoms with Crippen molar-refractivity contribution in [1.82, 2.24) is 0 Å². The molecule has 0 amide bonds. The maximum absolute atomic E-state index is 12.9. The minimum Gasteiger partial charge on any atom is -0.454 e. The third kappa shape index (κ3) is 2.19. The first-order valence-electron chi connectivity index (χ1n) is 8.31. The molecule has 2 aromatic carbocycles. The second-order valence-corrected chi connectivity index (χ2v) is 6.63. The first-order valence-corrected chi connectivity index (χ1v) is 8.69. The second-order valence-electron chi connectivity index (χ2n) is 6.26. The molecule has 0 bridgehead atoms. The summed E-state index contributed by atoms with van der Waals surface area (Å²) < 4.78 is 21.9. The van der Waals surface area contributed by atoms with Crippen LogP contribution in [0.1, 0.15) is 17.0 Å². The summed E-state index contributed by atoms with van der Waals surface area (Å²) in [4.78, 5) is 12.9. The average molecular weight is 395 g/mol. The molecule has 1 atom stereocenters. The van der Waals surface area contributed by atoms with Gasteiger partial charge in [-0.1, -0.05) is 29.8 Å². The first kappa shape index (κ1) is 16.5. The normalized spacial score (nSPS) is 17.2. The van der Waals surface area contributed by atoms with Gasteiger partial charge in [0, 0.05) is 0 Å². The zero-order valence-corrected chi connectivity index (χ0v) is 14.9. The summed E-state index contributed by atoms with van der Waals surface area (Å²) in [5, 5.41) is 10.5. The van der Waals surface area contributed by atoms with E-state index >= 15 is 0 Å². The monoisotopic (exact) mass is 394 g/mol. The van der Waals surface area contributed by atoms with Crippen LogP contribution in [0, 0.1) is 11.3 Å². The van der Waals surface area contributed by atoms with Crippen LogP contribution >= 0.6 is 11.6 Å². The highest BCUT2D eigenvalue weighted by Crippen LogP contribution is 2.49. The number of fused-ring (bicyclic) bond motifs is 4. The molecule has 1 aromatic heterocycles. The number of para-hydroxylation sites is 1. The number of nitrogens with zero attached hydrogens (tertiary/aromatic N) is 1. The molecule has 7 nitrogen and oxygen atoms in total. The molecule has 0 saturated carbocycles. The van der Waals surface area contributed by atoms with Crippen LogP contribution in [0.5, 0.6) is 17.2 Å². The van der Waals surface area contributed by atoms with Crippen molar-refractivity contribution in [3.63, 3.8) is 0 Å². The lowest BCUT2D eigenvalue weighted by atomic mass is 9.83. The van der Waals surface area contributed by atoms with Crippen LogP contribution in [0.4, 0.5) is 0 Å². The molecule has 2 aliphatic rings. The molecule has 0 fully saturated rings. The molecule has 2 aliphatic heterocycles. The number of rotatable bonds is 1. The maximum Gasteiger partial charge on any atom is 0.344 e. The van der Waals surface area contributed by atoms with E-state index < -0.39 is 11.5 Å². The lowest BCUT2D eigenvalue weighted by molar-refractivity contribution is 0.174. The smallest absolute Gasteiger partial charge is 0.344 e. The molecule has 0 spiro atoms. The number of hydrogen-bond donors (Lipinski definition) is 1. The van der Waals surface area contributed by atoms with Gasteiger partial charge >= 0.3 is 5.63 Å². The van der Waals surface area contributed by atoms with Crippen molar-refractivity contribution in [2.75, 3.05) is 6.79 Å². The summed E-state index contributed by atoms with van der Waals surface area (Å²) in [6, 6.07) is 12.3. The Morgan fingerprint density at radius 1 is 1.14 bits per heavy atom. The van der Waals surface area contributed by atoms with E-state index in [0.717, 1.165) is 0 Å². The van der Waals surface area contributed by atoms with Gasteiger partial charge in [-0.3, -0.25) is 0 Å². The number of hydrogen-bond acceptors (Lipinski definition) is 7. The van der Waals surface area contributed by atoms with Gasteiger partial charge in [0.05, 0.1) is 21.9 Å². The topological polar surface area (TPSA) is 108 Å². The summed E-state index contributed by atoms with van der Waals surface area (Å²) in [5.74, 6) is 0.137. The molecule has 8 heteroatoms. The molecule has 138 valence electrons. The Hall–Kier alpha value is -3.63. The SMILES string of the molecule is N#CC1=C(N)Oc2c(c(=O)oc3ccccc23)C1c1ccc2c(c1Cl)OCO2. The number of allylic oxidation sites excluding steroid dienone is 1. The highest BCUT2D eigenvalue weighted by atomic mass is 35.5. The highest BCUT2D eigenvalue weighted by Gasteiger charge is 2.38. The zero-order valence-electron chi connectivity index (χ0n) is 14.2. The number of halogens is 1. The molecule has 2 N–H and O–H groups in total. The number of benzene rings is 2. The molecule has 0 aliphatic carbocycles. The van der Waals surface area contributed by atoms with Gasteiger partial charge in [-0.15, -0.1) is 0 Å². The van der Waals surface area contributed by atoms with Crippen molar-refractivity contribution in [3.05, 3.63) is 74.4 Å². The Balaban J connectivity index is 1.85. The Kier molecular flexibility index (Phi) is 3.51. The molecule has 0 saturated heterocycles. The van der Waals surface area contributed by atoms with E-state index in [1.165, 1.54) is 0 Å². The Morgan fingerprint density at radius 3 is 2.79 bits per heavy atom. The first-order chi connectivity index (χ1) is 13.6. The molecule has 3 heterocycles. The summed E-state index contributed by atoms with van der Waals surface area (Å²) in [6.45, 7) is 0.0404. The minimum absolute atomic E-state index is 0.0404. The molecule has 1 unspecified atom stereocenters. The van der Waals surface area contributed by atoms with E-state index in [2.05, 4.69) is 0 Å². The van der Waals surface area contributed by atoms with Gasteiger partial charge in [-0.25, -0.2) is 4.79 Å². The molecule has 5 rings (SSSR count). The number of nitrogens with two attached hydrogens (primary N) is 1. The van der Waals surface area contributed by atoms with Crippen molar-refractivity contribution < 1.29 is 18.6 Å². The van der Waals surface area contributed by atoms with Gasteiger partial charge in [0.2, 0.25) is 12.7 Å². The van der Waals surface area contributed by atoms with Crippen molar-refractivity contribution in [3.8, 4) is 23.3 Å². The number of nitriles is 1. The van der Waals surface area contributed by atoms with Crippen molar-refractivity contribution in [1.29, 1.82) is 5.26 Å². The van der Waals surface area contributed by atoms with E-state index in [0.29, 0.717) is 28.0 Å². The van der Waals surface area contributed by atoms with Gasteiger partial charge in [0.15, 0.2) is 17.2 Å². The van der Waals surface area contributed by atoms with Crippen molar-refractivity contribution in [2.24, 2.45) is 5.73 Å². The lowest BCUT2D eigenvalue weighted by Gasteiger charge is -2.26. The Labute approximate surface area is 163 Å². The maximum atomic E-state index is 12.9. The van der Waals surface area contributed by atoms with Crippen LogP contribution in [0.2, 0.25) is 5.02 Å². The fourth-order valence-electron chi connectivity index (χ4n) is 3.55. The van der Waals surface area contributed by atoms with Gasteiger partial charge in [-0.2, -0.15) is 5.26 Å². The molecule has 3 aromatic rings. The van der Waals surface area contributed by atoms with Crippen LogP contribution in [-0.4, -0.2) is 6.79 Å². The summed E-state index contributed by atoms with van der Waals surface area (Å²) >= 11 is 6.54. The molecular weight excluding hydrogens is 384 g/mol. The third-order valence-electron chi connectivity index (χ3n) is 4.79. The zero-order chi connectivity index (χ0) is 19.4. The fraction of sp³-hybridized carbons (Fsp3) is 0.100.